The highest BCUT2D eigenvalue weighted by atomic mass is 16.6. The molecular weight excluding hydrogens is 128 g/mol. The summed E-state index contributed by atoms with van der Waals surface area (Å²) in [7, 11) is 0. The van der Waals surface area contributed by atoms with E-state index < -0.39 is 0 Å². The molecule has 0 aromatic rings. The summed E-state index contributed by atoms with van der Waals surface area (Å²) in [6.07, 6.45) is 3.31. The van der Waals surface area contributed by atoms with E-state index in [4.69, 9.17) is 4.74 Å². The third kappa shape index (κ3) is 1.15. The van der Waals surface area contributed by atoms with Crippen LogP contribution in [0.15, 0.2) is 0 Å². The Morgan fingerprint density at radius 1 is 1.50 bits per heavy atom. The summed E-state index contributed by atoms with van der Waals surface area (Å²) in [5.41, 5.74) is 0. The van der Waals surface area contributed by atoms with E-state index in [2.05, 4.69) is 6.92 Å². The van der Waals surface area contributed by atoms with Crippen LogP contribution >= 0.6 is 0 Å². The highest BCUT2D eigenvalue weighted by molar-refractivity contribution is 5.78. The molecule has 1 aliphatic heterocycles. The fourth-order valence-electron chi connectivity index (χ4n) is 1.37. The van der Waals surface area contributed by atoms with Gasteiger partial charge in [0.05, 0.1) is 5.92 Å². The third-order valence-corrected chi connectivity index (χ3v) is 2.03. The first kappa shape index (κ1) is 7.58. The smallest absolute Gasteiger partial charge is 0.312 e. The molecule has 2 heteroatoms. The second-order valence-corrected chi connectivity index (χ2v) is 2.78. The lowest BCUT2D eigenvalue weighted by atomic mass is 9.91. The molecule has 2 atom stereocenters. The molecule has 0 aromatic carbocycles. The van der Waals surface area contributed by atoms with Gasteiger partial charge in [-0.1, -0.05) is 20.3 Å². The van der Waals surface area contributed by atoms with E-state index >= 15 is 0 Å². The van der Waals surface area contributed by atoms with Gasteiger partial charge in [0.1, 0.15) is 6.10 Å². The molecule has 0 amide bonds. The van der Waals surface area contributed by atoms with Crippen molar-refractivity contribution in [3.63, 3.8) is 0 Å². The van der Waals surface area contributed by atoms with Crippen LogP contribution in [0.2, 0.25) is 0 Å². The molecule has 0 radical (unpaired) electrons. The van der Waals surface area contributed by atoms with Crippen molar-refractivity contribution < 1.29 is 9.53 Å². The Hall–Kier alpha value is -0.530. The van der Waals surface area contributed by atoms with Gasteiger partial charge in [0, 0.05) is 0 Å². The Kier molecular flexibility index (Phi) is 2.30. The highest BCUT2D eigenvalue weighted by Gasteiger charge is 2.39. The molecule has 1 aliphatic rings. The molecule has 0 aromatic heterocycles. The van der Waals surface area contributed by atoms with Crippen LogP contribution in [0.4, 0.5) is 0 Å². The number of ether oxygens (including phenoxy) is 1. The van der Waals surface area contributed by atoms with E-state index in [1.54, 1.807) is 0 Å². The van der Waals surface area contributed by atoms with E-state index in [0.717, 1.165) is 19.3 Å². The van der Waals surface area contributed by atoms with Crippen molar-refractivity contribution in [1.82, 2.24) is 0 Å². The largest absolute Gasteiger partial charge is 0.461 e. The molecule has 58 valence electrons. The van der Waals surface area contributed by atoms with Gasteiger partial charge < -0.3 is 4.74 Å². The molecule has 0 N–H and O–H groups in total. The maximum Gasteiger partial charge on any atom is 0.312 e. The molecule has 0 spiro atoms. The quantitative estimate of drug-likeness (QED) is 0.561. The van der Waals surface area contributed by atoms with E-state index in [0.29, 0.717) is 0 Å². The van der Waals surface area contributed by atoms with Crippen molar-refractivity contribution in [1.29, 1.82) is 0 Å². The molecule has 10 heavy (non-hydrogen) atoms. The summed E-state index contributed by atoms with van der Waals surface area (Å²) >= 11 is 0. The molecule has 1 saturated heterocycles. The average Bonchev–Trinajstić information content (AvgIpc) is 1.88. The number of esters is 1. The zero-order valence-electron chi connectivity index (χ0n) is 6.59. The van der Waals surface area contributed by atoms with Gasteiger partial charge in [-0.25, -0.2) is 0 Å². The van der Waals surface area contributed by atoms with Crippen LogP contribution < -0.4 is 0 Å². The minimum absolute atomic E-state index is 0.000880. The van der Waals surface area contributed by atoms with Crippen LogP contribution in [-0.2, 0) is 9.53 Å². The van der Waals surface area contributed by atoms with Crippen molar-refractivity contribution in [2.45, 2.75) is 39.2 Å². The molecular formula is C8H14O2. The lowest BCUT2D eigenvalue weighted by molar-refractivity contribution is -0.185. The Morgan fingerprint density at radius 2 is 2.20 bits per heavy atom. The van der Waals surface area contributed by atoms with Crippen molar-refractivity contribution in [2.24, 2.45) is 5.92 Å². The van der Waals surface area contributed by atoms with Crippen LogP contribution in [0.25, 0.3) is 0 Å². The summed E-state index contributed by atoms with van der Waals surface area (Å²) in [5.74, 6) is 0.209. The van der Waals surface area contributed by atoms with Gasteiger partial charge in [0.25, 0.3) is 0 Å². The minimum atomic E-state index is 0.000880. The van der Waals surface area contributed by atoms with Crippen LogP contribution in [0.5, 0.6) is 0 Å². The monoisotopic (exact) mass is 142 g/mol. The van der Waals surface area contributed by atoms with Crippen LogP contribution in [0, 0.1) is 5.92 Å². The molecule has 0 aliphatic carbocycles. The summed E-state index contributed by atoms with van der Waals surface area (Å²) in [4.78, 5) is 10.7. The number of carbonyl (C=O) groups is 1. The number of cyclic esters (lactones) is 1. The molecule has 1 heterocycles. The normalized spacial score (nSPS) is 31.2. The first-order valence-corrected chi connectivity index (χ1v) is 4.00. The van der Waals surface area contributed by atoms with Crippen molar-refractivity contribution in [3.8, 4) is 0 Å². The topological polar surface area (TPSA) is 26.3 Å². The van der Waals surface area contributed by atoms with Crippen molar-refractivity contribution in [2.75, 3.05) is 0 Å². The lowest BCUT2D eigenvalue weighted by Gasteiger charge is -2.34. The Balaban J connectivity index is 2.30. The molecule has 0 bridgehead atoms. The van der Waals surface area contributed by atoms with Gasteiger partial charge in [-0.15, -0.1) is 0 Å². The molecule has 1 rings (SSSR count). The third-order valence-electron chi connectivity index (χ3n) is 2.03. The molecule has 1 fully saturated rings. The van der Waals surface area contributed by atoms with Crippen molar-refractivity contribution in [3.05, 3.63) is 0 Å². The zero-order chi connectivity index (χ0) is 7.56. The number of hydrogen-bond acceptors (Lipinski definition) is 2. The highest BCUT2D eigenvalue weighted by Crippen LogP contribution is 2.28. The Bertz CT molecular complexity index is 131. The SMILES string of the molecule is CCCC1OC(=O)[C@H]1CC. The summed E-state index contributed by atoms with van der Waals surface area (Å²) < 4.78 is 4.94. The maximum absolute atomic E-state index is 10.7. The molecule has 2 nitrogen and oxygen atoms in total. The minimum Gasteiger partial charge on any atom is -0.461 e. The summed E-state index contributed by atoms with van der Waals surface area (Å²) in [5, 5.41) is 0. The first-order chi connectivity index (χ1) is 4.79. The predicted octanol–water partition coefficient (Wildman–Crippen LogP) is 1.74. The summed E-state index contributed by atoms with van der Waals surface area (Å²) in [6.45, 7) is 4.15. The van der Waals surface area contributed by atoms with Gasteiger partial charge in [0.15, 0.2) is 0 Å². The fourth-order valence-corrected chi connectivity index (χ4v) is 1.37. The number of carbonyl (C=O) groups excluding carboxylic acids is 1. The van der Waals surface area contributed by atoms with E-state index in [-0.39, 0.29) is 18.0 Å². The second kappa shape index (κ2) is 3.04. The standard InChI is InChI=1S/C8H14O2/c1-3-5-7-6(4-2)8(9)10-7/h6-7H,3-5H2,1-2H3/t6-,7?/m0/s1. The van der Waals surface area contributed by atoms with E-state index in [1.165, 1.54) is 0 Å². The number of rotatable bonds is 3. The van der Waals surface area contributed by atoms with Gasteiger partial charge >= 0.3 is 5.97 Å². The number of hydrogen-bond donors (Lipinski definition) is 0. The van der Waals surface area contributed by atoms with Crippen molar-refractivity contribution >= 4 is 5.97 Å². The summed E-state index contributed by atoms with van der Waals surface area (Å²) in [6, 6.07) is 0. The average molecular weight is 142 g/mol. The maximum atomic E-state index is 10.7. The Labute approximate surface area is 61.6 Å². The second-order valence-electron chi connectivity index (χ2n) is 2.78. The van der Waals surface area contributed by atoms with Gasteiger partial charge in [0.2, 0.25) is 0 Å². The van der Waals surface area contributed by atoms with Gasteiger partial charge in [-0.2, -0.15) is 0 Å². The van der Waals surface area contributed by atoms with E-state index in [1.807, 2.05) is 6.92 Å². The predicted molar refractivity (Wildman–Crippen MR) is 38.6 cm³/mol. The lowest BCUT2D eigenvalue weighted by Crippen LogP contribution is -2.44. The van der Waals surface area contributed by atoms with Gasteiger partial charge in [-0.3, -0.25) is 4.79 Å². The zero-order valence-corrected chi connectivity index (χ0v) is 6.59. The Morgan fingerprint density at radius 3 is 2.60 bits per heavy atom. The van der Waals surface area contributed by atoms with E-state index in [9.17, 15) is 4.79 Å². The van der Waals surface area contributed by atoms with Crippen LogP contribution in [-0.4, -0.2) is 12.1 Å². The first-order valence-electron chi connectivity index (χ1n) is 4.00. The van der Waals surface area contributed by atoms with Gasteiger partial charge in [-0.05, 0) is 12.8 Å². The molecule has 1 unspecified atom stereocenters. The fraction of sp³-hybridized carbons (Fsp3) is 0.875. The molecule has 0 saturated carbocycles. The van der Waals surface area contributed by atoms with Crippen LogP contribution in [0.3, 0.4) is 0 Å². The van der Waals surface area contributed by atoms with Crippen LogP contribution in [0.1, 0.15) is 33.1 Å².